The van der Waals surface area contributed by atoms with Crippen LogP contribution in [0.4, 0.5) is 5.69 Å². The Morgan fingerprint density at radius 2 is 2.25 bits per heavy atom. The summed E-state index contributed by atoms with van der Waals surface area (Å²) in [6.07, 6.45) is 1.46. The van der Waals surface area contributed by atoms with Crippen LogP contribution in [0.2, 0.25) is 0 Å². The van der Waals surface area contributed by atoms with Crippen LogP contribution in [0.3, 0.4) is 0 Å². The Balaban J connectivity index is 2.54. The minimum absolute atomic E-state index is 0.223. The molecule has 6 nitrogen and oxygen atoms in total. The van der Waals surface area contributed by atoms with E-state index in [9.17, 15) is 10.1 Å². The number of pyridine rings is 1. The smallest absolute Gasteiger partial charge is 0.305 e. The van der Waals surface area contributed by atoms with Gasteiger partial charge in [0.05, 0.1) is 11.2 Å². The molecule has 0 bridgehead atoms. The number of hydrogen-bond acceptors (Lipinski definition) is 5. The maximum Gasteiger partial charge on any atom is 0.305 e. The highest BCUT2D eigenvalue weighted by atomic mass is 16.6. The highest BCUT2D eigenvalue weighted by Crippen LogP contribution is 2.22. The van der Waals surface area contributed by atoms with Crippen LogP contribution in [0, 0.1) is 21.4 Å². The molecule has 0 saturated heterocycles. The maximum absolute atomic E-state index is 10.6. The van der Waals surface area contributed by atoms with Gasteiger partial charge in [0.15, 0.2) is 5.76 Å². The fourth-order valence-corrected chi connectivity index (χ4v) is 1.24. The van der Waals surface area contributed by atoms with Crippen molar-refractivity contribution in [1.29, 1.82) is 5.26 Å². The average molecular weight is 215 g/mol. The van der Waals surface area contributed by atoms with E-state index in [0.29, 0.717) is 11.5 Å². The lowest BCUT2D eigenvalue weighted by Gasteiger charge is -1.97. The number of hydrogen-bond donors (Lipinski definition) is 0. The van der Waals surface area contributed by atoms with Crippen molar-refractivity contribution in [2.45, 2.75) is 0 Å². The second-order valence-electron chi connectivity index (χ2n) is 2.91. The summed E-state index contributed by atoms with van der Waals surface area (Å²) in [5.74, 6) is 0.464. The number of aromatic nitrogens is 1. The van der Waals surface area contributed by atoms with Gasteiger partial charge in [-0.25, -0.2) is 4.98 Å². The van der Waals surface area contributed by atoms with Crippen LogP contribution in [0.1, 0.15) is 5.69 Å². The average Bonchev–Trinajstić information content (AvgIpc) is 2.81. The molecule has 0 aliphatic rings. The zero-order valence-corrected chi connectivity index (χ0v) is 7.95. The van der Waals surface area contributed by atoms with Crippen molar-refractivity contribution in [1.82, 2.24) is 4.98 Å². The molecule has 0 amide bonds. The van der Waals surface area contributed by atoms with Crippen molar-refractivity contribution in [3.8, 4) is 17.5 Å². The predicted octanol–water partition coefficient (Wildman–Crippen LogP) is 2.12. The van der Waals surface area contributed by atoms with Crippen molar-refractivity contribution in [2.24, 2.45) is 0 Å². The van der Waals surface area contributed by atoms with Gasteiger partial charge in [0.2, 0.25) is 5.69 Å². The zero-order chi connectivity index (χ0) is 11.5. The summed E-state index contributed by atoms with van der Waals surface area (Å²) in [4.78, 5) is 13.8. The van der Waals surface area contributed by atoms with Crippen molar-refractivity contribution in [3.63, 3.8) is 0 Å². The number of nitriles is 1. The van der Waals surface area contributed by atoms with E-state index in [0.717, 1.165) is 0 Å². The lowest BCUT2D eigenvalue weighted by Crippen LogP contribution is -1.96. The van der Waals surface area contributed by atoms with Gasteiger partial charge in [0.1, 0.15) is 11.8 Å². The van der Waals surface area contributed by atoms with Crippen LogP contribution >= 0.6 is 0 Å². The lowest BCUT2D eigenvalue weighted by molar-refractivity contribution is -0.385. The van der Waals surface area contributed by atoms with Crippen molar-refractivity contribution in [3.05, 3.63) is 46.3 Å². The van der Waals surface area contributed by atoms with Crippen LogP contribution in [0.5, 0.6) is 0 Å². The van der Waals surface area contributed by atoms with Gasteiger partial charge in [0.25, 0.3) is 0 Å². The molecule has 78 valence electrons. The maximum atomic E-state index is 10.6. The Kier molecular flexibility index (Phi) is 2.36. The summed E-state index contributed by atoms with van der Waals surface area (Å²) in [6, 6.07) is 7.70. The highest BCUT2D eigenvalue weighted by Gasteiger charge is 2.16. The summed E-state index contributed by atoms with van der Waals surface area (Å²) < 4.78 is 5.08. The topological polar surface area (TPSA) is 93.0 Å². The Labute approximate surface area is 89.9 Å². The van der Waals surface area contributed by atoms with E-state index in [1.54, 1.807) is 18.2 Å². The molecule has 0 aliphatic carbocycles. The lowest BCUT2D eigenvalue weighted by atomic mass is 10.2. The third kappa shape index (κ3) is 1.62. The van der Waals surface area contributed by atoms with Crippen LogP contribution in [-0.4, -0.2) is 9.91 Å². The van der Waals surface area contributed by atoms with Gasteiger partial charge in [-0.15, -0.1) is 0 Å². The molecule has 0 unspecified atom stereocenters. The SMILES string of the molecule is N#Cc1nc(-c2ccco2)ccc1[N+](=O)[O-]. The van der Waals surface area contributed by atoms with Gasteiger partial charge in [-0.1, -0.05) is 0 Å². The van der Waals surface area contributed by atoms with E-state index in [-0.39, 0.29) is 11.4 Å². The molecular weight excluding hydrogens is 210 g/mol. The molecule has 0 aromatic carbocycles. The molecule has 2 aromatic heterocycles. The molecule has 16 heavy (non-hydrogen) atoms. The molecule has 0 fully saturated rings. The highest BCUT2D eigenvalue weighted by molar-refractivity contribution is 5.57. The van der Waals surface area contributed by atoms with Crippen molar-refractivity contribution >= 4 is 5.69 Å². The number of nitro groups is 1. The molecule has 2 rings (SSSR count). The first-order valence-electron chi connectivity index (χ1n) is 4.32. The van der Waals surface area contributed by atoms with E-state index < -0.39 is 4.92 Å². The summed E-state index contributed by atoms with van der Waals surface area (Å²) in [5, 5.41) is 19.3. The van der Waals surface area contributed by atoms with Gasteiger partial charge in [0, 0.05) is 6.07 Å². The zero-order valence-electron chi connectivity index (χ0n) is 7.95. The molecule has 0 saturated carbocycles. The quantitative estimate of drug-likeness (QED) is 0.565. The number of rotatable bonds is 2. The Bertz CT molecular complexity index is 569. The van der Waals surface area contributed by atoms with E-state index >= 15 is 0 Å². The monoisotopic (exact) mass is 215 g/mol. The second-order valence-corrected chi connectivity index (χ2v) is 2.91. The van der Waals surface area contributed by atoms with E-state index in [4.69, 9.17) is 9.68 Å². The molecule has 6 heteroatoms. The first-order valence-corrected chi connectivity index (χ1v) is 4.32. The standard InChI is InChI=1S/C10H5N3O3/c11-6-8-9(13(14)15)4-3-7(12-8)10-2-1-5-16-10/h1-5H. The summed E-state index contributed by atoms with van der Waals surface area (Å²) in [5.41, 5.74) is -0.135. The Hall–Kier alpha value is -2.68. The summed E-state index contributed by atoms with van der Waals surface area (Å²) in [7, 11) is 0. The molecule has 0 spiro atoms. The van der Waals surface area contributed by atoms with E-state index in [1.807, 2.05) is 0 Å². The largest absolute Gasteiger partial charge is 0.463 e. The molecule has 2 heterocycles. The van der Waals surface area contributed by atoms with E-state index in [2.05, 4.69) is 4.98 Å². The third-order valence-corrected chi connectivity index (χ3v) is 1.95. The first kappa shape index (κ1) is 9.86. The molecule has 0 radical (unpaired) electrons. The third-order valence-electron chi connectivity index (χ3n) is 1.95. The molecule has 0 aliphatic heterocycles. The number of furan rings is 1. The van der Waals surface area contributed by atoms with E-state index in [1.165, 1.54) is 18.4 Å². The minimum Gasteiger partial charge on any atom is -0.463 e. The Morgan fingerprint density at radius 1 is 1.44 bits per heavy atom. The molecule has 0 N–H and O–H groups in total. The van der Waals surface area contributed by atoms with Crippen LogP contribution in [0.15, 0.2) is 34.9 Å². The molecule has 2 aromatic rings. The van der Waals surface area contributed by atoms with Crippen LogP contribution in [-0.2, 0) is 0 Å². The fraction of sp³-hybridized carbons (Fsp3) is 0. The van der Waals surface area contributed by atoms with Gasteiger partial charge < -0.3 is 4.42 Å². The van der Waals surface area contributed by atoms with Gasteiger partial charge in [-0.2, -0.15) is 5.26 Å². The van der Waals surface area contributed by atoms with Gasteiger partial charge >= 0.3 is 5.69 Å². The van der Waals surface area contributed by atoms with Crippen LogP contribution < -0.4 is 0 Å². The normalized spacial score (nSPS) is 9.69. The summed E-state index contributed by atoms with van der Waals surface area (Å²) in [6.45, 7) is 0. The summed E-state index contributed by atoms with van der Waals surface area (Å²) >= 11 is 0. The van der Waals surface area contributed by atoms with Gasteiger partial charge in [-0.05, 0) is 18.2 Å². The predicted molar refractivity (Wildman–Crippen MR) is 53.3 cm³/mol. The van der Waals surface area contributed by atoms with Crippen LogP contribution in [0.25, 0.3) is 11.5 Å². The van der Waals surface area contributed by atoms with Crippen molar-refractivity contribution < 1.29 is 9.34 Å². The molecular formula is C10H5N3O3. The minimum atomic E-state index is -0.641. The fourth-order valence-electron chi connectivity index (χ4n) is 1.24. The van der Waals surface area contributed by atoms with Gasteiger partial charge in [-0.3, -0.25) is 10.1 Å². The number of nitrogens with zero attached hydrogens (tertiary/aromatic N) is 3. The molecule has 0 atom stereocenters. The second kappa shape index (κ2) is 3.82. The Morgan fingerprint density at radius 3 is 2.81 bits per heavy atom. The first-order chi connectivity index (χ1) is 7.72. The van der Waals surface area contributed by atoms with Crippen molar-refractivity contribution in [2.75, 3.05) is 0 Å².